The van der Waals surface area contributed by atoms with Crippen molar-refractivity contribution in [1.29, 1.82) is 0 Å². The van der Waals surface area contributed by atoms with Crippen molar-refractivity contribution in [3.05, 3.63) is 18.5 Å². The van der Waals surface area contributed by atoms with Crippen LogP contribution in [0.2, 0.25) is 0 Å². The van der Waals surface area contributed by atoms with Crippen LogP contribution >= 0.6 is 0 Å². The topological polar surface area (TPSA) is 63.1 Å². The van der Waals surface area contributed by atoms with Crippen molar-refractivity contribution in [3.8, 4) is 0 Å². The number of hydrogen-bond donors (Lipinski definition) is 2. The molecule has 1 aromatic heterocycles. The molecule has 2 N–H and O–H groups in total. The number of nitrogens with zero attached hydrogens (tertiary/aromatic N) is 1. The van der Waals surface area contributed by atoms with Gasteiger partial charge in [0.25, 0.3) is 0 Å². The Hall–Kier alpha value is -0.850. The van der Waals surface area contributed by atoms with Crippen molar-refractivity contribution < 1.29 is 8.42 Å². The van der Waals surface area contributed by atoms with Gasteiger partial charge in [-0.1, -0.05) is 0 Å². The summed E-state index contributed by atoms with van der Waals surface area (Å²) in [5, 5.41) is 3.28. The van der Waals surface area contributed by atoms with Crippen LogP contribution in [-0.4, -0.2) is 31.6 Å². The fourth-order valence-electron chi connectivity index (χ4n) is 2.11. The normalized spacial score (nSPS) is 26.0. The van der Waals surface area contributed by atoms with Crippen molar-refractivity contribution in [2.24, 2.45) is 7.05 Å². The number of piperidine rings is 1. The minimum Gasteiger partial charge on any atom is -0.356 e. The van der Waals surface area contributed by atoms with Gasteiger partial charge in [-0.15, -0.1) is 0 Å². The molecule has 0 amide bonds. The fourth-order valence-corrected chi connectivity index (χ4v) is 3.51. The van der Waals surface area contributed by atoms with E-state index < -0.39 is 10.0 Å². The van der Waals surface area contributed by atoms with Gasteiger partial charge in [-0.05, 0) is 32.4 Å². The highest BCUT2D eigenvalue weighted by atomic mass is 32.2. The minimum atomic E-state index is -3.38. The van der Waals surface area contributed by atoms with E-state index >= 15 is 0 Å². The highest BCUT2D eigenvalue weighted by molar-refractivity contribution is 7.89. The second-order valence-electron chi connectivity index (χ2n) is 4.63. The van der Waals surface area contributed by atoms with E-state index in [1.54, 1.807) is 23.0 Å². The Kier molecular flexibility index (Phi) is 3.56. The van der Waals surface area contributed by atoms with Crippen LogP contribution in [0.4, 0.5) is 0 Å². The molecule has 1 aliphatic rings. The Bertz CT molecular complexity index is 481. The lowest BCUT2D eigenvalue weighted by molar-refractivity contribution is 0.349. The highest BCUT2D eigenvalue weighted by Gasteiger charge is 2.26. The molecule has 1 saturated heterocycles. The van der Waals surface area contributed by atoms with Crippen LogP contribution in [0.15, 0.2) is 23.4 Å². The molecule has 1 fully saturated rings. The zero-order chi connectivity index (χ0) is 12.5. The molecule has 2 unspecified atom stereocenters. The summed E-state index contributed by atoms with van der Waals surface area (Å²) in [5.74, 6) is 0. The SMILES string of the molecule is CC1NCCCC1NS(=O)(=O)c1ccn(C)c1. The van der Waals surface area contributed by atoms with E-state index in [0.717, 1.165) is 19.4 Å². The first-order valence-corrected chi connectivity index (χ1v) is 7.35. The fraction of sp³-hybridized carbons (Fsp3) is 0.636. The minimum absolute atomic E-state index is 0.0195. The standard InChI is InChI=1S/C11H19N3O2S/c1-9-11(4-3-6-12-9)13-17(15,16)10-5-7-14(2)8-10/h5,7-9,11-13H,3-4,6H2,1-2H3. The van der Waals surface area contributed by atoms with Crippen molar-refractivity contribution in [2.75, 3.05) is 6.54 Å². The van der Waals surface area contributed by atoms with Crippen LogP contribution in [0.1, 0.15) is 19.8 Å². The quantitative estimate of drug-likeness (QED) is 0.826. The predicted molar refractivity (Wildman–Crippen MR) is 66.2 cm³/mol. The maximum atomic E-state index is 12.1. The van der Waals surface area contributed by atoms with E-state index in [9.17, 15) is 8.42 Å². The van der Waals surface area contributed by atoms with Crippen LogP contribution in [-0.2, 0) is 17.1 Å². The van der Waals surface area contributed by atoms with Gasteiger partial charge in [0.15, 0.2) is 0 Å². The molecule has 1 aliphatic heterocycles. The molecule has 0 saturated carbocycles. The molecule has 1 aromatic rings. The lowest BCUT2D eigenvalue weighted by Crippen LogP contribution is -2.51. The second-order valence-corrected chi connectivity index (χ2v) is 6.34. The van der Waals surface area contributed by atoms with Crippen molar-refractivity contribution in [2.45, 2.75) is 36.7 Å². The van der Waals surface area contributed by atoms with Crippen LogP contribution in [0, 0.1) is 0 Å². The number of rotatable bonds is 3. The predicted octanol–water partition coefficient (Wildman–Crippen LogP) is 0.444. The molecule has 2 heterocycles. The molecule has 0 spiro atoms. The Morgan fingerprint density at radius 2 is 2.29 bits per heavy atom. The lowest BCUT2D eigenvalue weighted by atomic mass is 10.0. The summed E-state index contributed by atoms with van der Waals surface area (Å²) in [6, 6.07) is 1.78. The third-order valence-electron chi connectivity index (χ3n) is 3.18. The van der Waals surface area contributed by atoms with Crippen LogP contribution in [0.5, 0.6) is 0 Å². The molecule has 2 atom stereocenters. The molecule has 0 bridgehead atoms. The van der Waals surface area contributed by atoms with E-state index in [1.807, 2.05) is 14.0 Å². The molecular weight excluding hydrogens is 238 g/mol. The number of aromatic nitrogens is 1. The first-order valence-electron chi connectivity index (χ1n) is 5.87. The van der Waals surface area contributed by atoms with Gasteiger partial charge < -0.3 is 9.88 Å². The number of sulfonamides is 1. The van der Waals surface area contributed by atoms with E-state index in [1.165, 1.54) is 0 Å². The molecule has 0 radical (unpaired) electrons. The number of aryl methyl sites for hydroxylation is 1. The maximum absolute atomic E-state index is 12.1. The van der Waals surface area contributed by atoms with Gasteiger partial charge in [-0.2, -0.15) is 0 Å². The summed E-state index contributed by atoms with van der Waals surface area (Å²) >= 11 is 0. The first kappa shape index (κ1) is 12.6. The molecule has 17 heavy (non-hydrogen) atoms. The van der Waals surface area contributed by atoms with Gasteiger partial charge in [-0.25, -0.2) is 13.1 Å². The Balaban J connectivity index is 2.11. The summed E-state index contributed by atoms with van der Waals surface area (Å²) in [6.07, 6.45) is 5.24. The van der Waals surface area contributed by atoms with Gasteiger partial charge in [0.05, 0.1) is 4.90 Å². The van der Waals surface area contributed by atoms with E-state index in [4.69, 9.17) is 0 Å². The van der Waals surface area contributed by atoms with Crippen LogP contribution in [0.25, 0.3) is 0 Å². The lowest BCUT2D eigenvalue weighted by Gasteiger charge is -2.30. The molecule has 0 aliphatic carbocycles. The van der Waals surface area contributed by atoms with Gasteiger partial charge in [0.2, 0.25) is 10.0 Å². The Labute approximate surface area is 102 Å². The largest absolute Gasteiger partial charge is 0.356 e. The van der Waals surface area contributed by atoms with E-state index in [-0.39, 0.29) is 12.1 Å². The summed E-state index contributed by atoms with van der Waals surface area (Å²) in [5.41, 5.74) is 0. The smallest absolute Gasteiger partial charge is 0.242 e. The molecule has 96 valence electrons. The van der Waals surface area contributed by atoms with E-state index in [0.29, 0.717) is 4.90 Å². The van der Waals surface area contributed by atoms with Crippen molar-refractivity contribution in [1.82, 2.24) is 14.6 Å². The van der Waals surface area contributed by atoms with Gasteiger partial charge in [0, 0.05) is 31.5 Å². The van der Waals surface area contributed by atoms with Crippen LogP contribution in [0.3, 0.4) is 0 Å². The first-order chi connectivity index (χ1) is 7.99. The third kappa shape index (κ3) is 2.88. The third-order valence-corrected chi connectivity index (χ3v) is 4.66. The average Bonchev–Trinajstić information content (AvgIpc) is 2.69. The van der Waals surface area contributed by atoms with E-state index in [2.05, 4.69) is 10.0 Å². The van der Waals surface area contributed by atoms with Gasteiger partial charge >= 0.3 is 0 Å². The zero-order valence-electron chi connectivity index (χ0n) is 10.2. The molecular formula is C11H19N3O2S. The highest BCUT2D eigenvalue weighted by Crippen LogP contribution is 2.14. The molecule has 0 aromatic carbocycles. The Morgan fingerprint density at radius 1 is 1.53 bits per heavy atom. The van der Waals surface area contributed by atoms with Gasteiger partial charge in [-0.3, -0.25) is 0 Å². The summed E-state index contributed by atoms with van der Waals surface area (Å²) in [7, 11) is -1.57. The second kappa shape index (κ2) is 4.80. The summed E-state index contributed by atoms with van der Waals surface area (Å²) in [4.78, 5) is 0.331. The molecule has 6 heteroatoms. The maximum Gasteiger partial charge on any atom is 0.242 e. The molecule has 2 rings (SSSR count). The molecule has 5 nitrogen and oxygen atoms in total. The van der Waals surface area contributed by atoms with Crippen LogP contribution < -0.4 is 10.0 Å². The zero-order valence-corrected chi connectivity index (χ0v) is 11.0. The monoisotopic (exact) mass is 257 g/mol. The Morgan fingerprint density at radius 3 is 2.88 bits per heavy atom. The average molecular weight is 257 g/mol. The number of nitrogens with one attached hydrogen (secondary N) is 2. The summed E-state index contributed by atoms with van der Waals surface area (Å²) < 4.78 is 28.7. The number of hydrogen-bond acceptors (Lipinski definition) is 3. The summed E-state index contributed by atoms with van der Waals surface area (Å²) in [6.45, 7) is 2.97. The van der Waals surface area contributed by atoms with Crippen molar-refractivity contribution in [3.63, 3.8) is 0 Å². The van der Waals surface area contributed by atoms with Gasteiger partial charge in [0.1, 0.15) is 0 Å². The van der Waals surface area contributed by atoms with Crippen molar-refractivity contribution >= 4 is 10.0 Å².